The molecule has 0 amide bonds. The Labute approximate surface area is 235 Å². The molecule has 0 bridgehead atoms. The number of nitrogen functional groups attached to an aromatic ring is 1. The standard InChI is InChI=1S/C30H42N8O2/c1-18(15-39)37(14-22-7-10-26(40-22)38-17-34-27-28(31)32-16-33-29(27)38)21-11-19(12-21)5-9-25-35-23-8-6-20(30(2,3)4)13-24(23)36-25/h6,8,13,16-19,21-22,26,39H,5,7,9-12,14-15H2,1-4H3,(H,35,36)(H2,31,32,33). The van der Waals surface area contributed by atoms with Gasteiger partial charge in [0.05, 0.1) is 30.1 Å². The smallest absolute Gasteiger partial charge is 0.167 e. The largest absolute Gasteiger partial charge is 0.395 e. The van der Waals surface area contributed by atoms with Crippen LogP contribution in [0.3, 0.4) is 0 Å². The number of rotatable bonds is 9. The van der Waals surface area contributed by atoms with E-state index in [4.69, 9.17) is 15.5 Å². The van der Waals surface area contributed by atoms with E-state index in [9.17, 15) is 5.11 Å². The van der Waals surface area contributed by atoms with Crippen molar-refractivity contribution >= 4 is 28.0 Å². The monoisotopic (exact) mass is 546 g/mol. The Morgan fingerprint density at radius 3 is 2.80 bits per heavy atom. The van der Waals surface area contributed by atoms with Crippen molar-refractivity contribution < 1.29 is 9.84 Å². The maximum atomic E-state index is 10.0. The van der Waals surface area contributed by atoms with E-state index in [1.807, 2.05) is 4.57 Å². The first kappa shape index (κ1) is 27.1. The number of aryl methyl sites for hydroxylation is 1. The molecular weight excluding hydrogens is 504 g/mol. The molecule has 4 heterocycles. The van der Waals surface area contributed by atoms with E-state index in [1.54, 1.807) is 6.33 Å². The highest BCUT2D eigenvalue weighted by molar-refractivity contribution is 5.81. The molecule has 3 atom stereocenters. The van der Waals surface area contributed by atoms with Gasteiger partial charge in [0.15, 0.2) is 11.5 Å². The zero-order valence-electron chi connectivity index (χ0n) is 24.0. The number of nitrogens with one attached hydrogen (secondary N) is 1. The molecule has 3 aromatic heterocycles. The molecule has 1 aliphatic carbocycles. The van der Waals surface area contributed by atoms with Crippen LogP contribution >= 0.6 is 0 Å². The second kappa shape index (κ2) is 10.7. The first-order chi connectivity index (χ1) is 19.2. The second-order valence-electron chi connectivity index (χ2n) is 12.8. The third kappa shape index (κ3) is 5.32. The number of anilines is 1. The predicted octanol–water partition coefficient (Wildman–Crippen LogP) is 4.35. The number of aliphatic hydroxyl groups is 1. The lowest BCUT2D eigenvalue weighted by Gasteiger charge is -2.46. The molecule has 40 heavy (non-hydrogen) atoms. The molecule has 6 rings (SSSR count). The Balaban J connectivity index is 1.03. The molecule has 1 aromatic carbocycles. The number of aromatic nitrogens is 6. The highest BCUT2D eigenvalue weighted by atomic mass is 16.5. The zero-order chi connectivity index (χ0) is 28.0. The number of imidazole rings is 2. The highest BCUT2D eigenvalue weighted by Crippen LogP contribution is 2.38. The summed E-state index contributed by atoms with van der Waals surface area (Å²) in [6.45, 7) is 9.80. The molecule has 1 saturated heterocycles. The summed E-state index contributed by atoms with van der Waals surface area (Å²) in [7, 11) is 0. The number of fused-ring (bicyclic) bond motifs is 2. The third-order valence-electron chi connectivity index (χ3n) is 8.89. The predicted molar refractivity (Wildman–Crippen MR) is 156 cm³/mol. The normalized spacial score (nSPS) is 24.2. The van der Waals surface area contributed by atoms with E-state index in [0.29, 0.717) is 28.9 Å². The lowest BCUT2D eigenvalue weighted by Crippen LogP contribution is -2.52. The molecule has 10 heteroatoms. The summed E-state index contributed by atoms with van der Waals surface area (Å²) >= 11 is 0. The van der Waals surface area contributed by atoms with Gasteiger partial charge in [-0.15, -0.1) is 0 Å². The Hall–Kier alpha value is -3.08. The van der Waals surface area contributed by atoms with Crippen molar-refractivity contribution in [1.82, 2.24) is 34.4 Å². The summed E-state index contributed by atoms with van der Waals surface area (Å²) < 4.78 is 8.44. The van der Waals surface area contributed by atoms with E-state index < -0.39 is 0 Å². The Morgan fingerprint density at radius 2 is 2.02 bits per heavy atom. The molecule has 1 saturated carbocycles. The Morgan fingerprint density at radius 1 is 1.20 bits per heavy atom. The van der Waals surface area contributed by atoms with Crippen LogP contribution in [0, 0.1) is 5.92 Å². The van der Waals surface area contributed by atoms with Gasteiger partial charge in [-0.25, -0.2) is 19.9 Å². The maximum absolute atomic E-state index is 10.0. The van der Waals surface area contributed by atoms with Crippen molar-refractivity contribution in [1.29, 1.82) is 0 Å². The van der Waals surface area contributed by atoms with Crippen molar-refractivity contribution in [3.8, 4) is 0 Å². The molecule has 4 N–H and O–H groups in total. The summed E-state index contributed by atoms with van der Waals surface area (Å²) in [5, 5.41) is 10.0. The molecule has 1 aliphatic heterocycles. The number of hydrogen-bond acceptors (Lipinski definition) is 8. The number of nitrogens with zero attached hydrogens (tertiary/aromatic N) is 6. The fourth-order valence-corrected chi connectivity index (χ4v) is 6.33. The minimum atomic E-state index is -0.118. The minimum absolute atomic E-state index is 0.0996. The van der Waals surface area contributed by atoms with Gasteiger partial charge in [-0.3, -0.25) is 9.47 Å². The van der Waals surface area contributed by atoms with Gasteiger partial charge in [0.1, 0.15) is 23.9 Å². The minimum Gasteiger partial charge on any atom is -0.395 e. The van der Waals surface area contributed by atoms with Crippen molar-refractivity contribution in [2.24, 2.45) is 5.92 Å². The van der Waals surface area contributed by atoms with Crippen LogP contribution in [0.4, 0.5) is 5.82 Å². The summed E-state index contributed by atoms with van der Waals surface area (Å²) in [6.07, 6.45) is 9.44. The lowest BCUT2D eigenvalue weighted by molar-refractivity contribution is -0.0476. The van der Waals surface area contributed by atoms with Crippen LogP contribution in [0.15, 0.2) is 30.9 Å². The number of aliphatic hydroxyl groups excluding tert-OH is 1. The van der Waals surface area contributed by atoms with E-state index in [-0.39, 0.29) is 30.4 Å². The molecule has 214 valence electrons. The van der Waals surface area contributed by atoms with Crippen molar-refractivity contribution in [3.63, 3.8) is 0 Å². The average molecular weight is 547 g/mol. The Bertz CT molecular complexity index is 1470. The molecule has 2 aliphatic rings. The van der Waals surface area contributed by atoms with Crippen LogP contribution in [0.1, 0.15) is 77.4 Å². The topological polar surface area (TPSA) is 131 Å². The van der Waals surface area contributed by atoms with Gasteiger partial charge in [-0.05, 0) is 68.1 Å². The second-order valence-corrected chi connectivity index (χ2v) is 12.8. The van der Waals surface area contributed by atoms with Gasteiger partial charge in [0, 0.05) is 25.0 Å². The summed E-state index contributed by atoms with van der Waals surface area (Å²) in [5.41, 5.74) is 10.9. The van der Waals surface area contributed by atoms with Crippen molar-refractivity contribution in [2.75, 3.05) is 18.9 Å². The molecule has 0 spiro atoms. The molecular formula is C30H42N8O2. The van der Waals surface area contributed by atoms with Crippen LogP contribution in [-0.4, -0.2) is 70.8 Å². The maximum Gasteiger partial charge on any atom is 0.167 e. The van der Waals surface area contributed by atoms with Gasteiger partial charge in [-0.2, -0.15) is 0 Å². The van der Waals surface area contributed by atoms with Crippen LogP contribution in [0.5, 0.6) is 0 Å². The zero-order valence-corrected chi connectivity index (χ0v) is 24.0. The van der Waals surface area contributed by atoms with E-state index >= 15 is 0 Å². The summed E-state index contributed by atoms with van der Waals surface area (Å²) in [5.74, 6) is 2.14. The quantitative estimate of drug-likeness (QED) is 0.282. The van der Waals surface area contributed by atoms with Gasteiger partial charge in [0.25, 0.3) is 0 Å². The number of benzene rings is 1. The fraction of sp³-hybridized carbons (Fsp3) is 0.600. The molecule has 3 unspecified atom stereocenters. The number of hydrogen-bond donors (Lipinski definition) is 3. The van der Waals surface area contributed by atoms with Crippen LogP contribution in [0.25, 0.3) is 22.2 Å². The first-order valence-corrected chi connectivity index (χ1v) is 14.6. The molecule has 10 nitrogen and oxygen atoms in total. The van der Waals surface area contributed by atoms with Crippen LogP contribution in [0.2, 0.25) is 0 Å². The SMILES string of the molecule is CC(CO)N(CC1CCC(n2cnc3c(N)ncnc32)O1)C1CC(CCc2nc3ccc(C(C)(C)C)cc3[nH]2)C1. The Kier molecular flexibility index (Phi) is 7.27. The molecule has 2 fully saturated rings. The van der Waals surface area contributed by atoms with E-state index in [0.717, 1.165) is 61.9 Å². The van der Waals surface area contributed by atoms with Crippen molar-refractivity contribution in [2.45, 2.75) is 96.1 Å². The first-order valence-electron chi connectivity index (χ1n) is 14.6. The summed E-state index contributed by atoms with van der Waals surface area (Å²) in [6, 6.07) is 7.15. The van der Waals surface area contributed by atoms with Crippen LogP contribution < -0.4 is 5.73 Å². The van der Waals surface area contributed by atoms with Gasteiger partial charge >= 0.3 is 0 Å². The van der Waals surface area contributed by atoms with E-state index in [1.165, 1.54) is 11.9 Å². The molecule has 4 aromatic rings. The lowest BCUT2D eigenvalue weighted by atomic mass is 9.76. The van der Waals surface area contributed by atoms with E-state index in [2.05, 4.69) is 70.7 Å². The third-order valence-corrected chi connectivity index (χ3v) is 8.89. The number of H-pyrrole nitrogens is 1. The number of ether oxygens (including phenoxy) is 1. The van der Waals surface area contributed by atoms with Gasteiger partial charge in [-0.1, -0.05) is 26.8 Å². The van der Waals surface area contributed by atoms with Crippen LogP contribution in [-0.2, 0) is 16.6 Å². The average Bonchev–Trinajstić information content (AvgIpc) is 3.63. The number of aromatic amines is 1. The molecule has 0 radical (unpaired) electrons. The van der Waals surface area contributed by atoms with Gasteiger partial charge < -0.3 is 20.6 Å². The summed E-state index contributed by atoms with van der Waals surface area (Å²) in [4.78, 5) is 23.7. The highest BCUT2D eigenvalue weighted by Gasteiger charge is 2.38. The fourth-order valence-electron chi connectivity index (χ4n) is 6.33. The van der Waals surface area contributed by atoms with Gasteiger partial charge in [0.2, 0.25) is 0 Å². The number of nitrogens with two attached hydrogens (primary N) is 1. The van der Waals surface area contributed by atoms with Crippen molar-refractivity contribution in [3.05, 3.63) is 42.2 Å².